The Kier molecular flexibility index (Phi) is 8.45. The van der Waals surface area contributed by atoms with Crippen molar-refractivity contribution in [1.82, 2.24) is 10.9 Å². The number of hydrazine groups is 1. The average Bonchev–Trinajstić information content (AvgIpc) is 2.68. The maximum atomic E-state index is 11.8. The standard InChI is InChI=1S/C20H22ClN3O4/c1-14-7-9-16(11-17(14)21)22-19(26)12-28-13-20(27)24-23-18(25)10-8-15-5-3-2-4-6-15/h2-7,9,11H,8,10,12-13H2,1H3,(H,22,26)(H,23,25)(H,24,27). The van der Waals surface area contributed by atoms with Gasteiger partial charge in [0.1, 0.15) is 13.2 Å². The first-order valence-corrected chi connectivity index (χ1v) is 9.07. The summed E-state index contributed by atoms with van der Waals surface area (Å²) in [5.74, 6) is -1.29. The first-order valence-electron chi connectivity index (χ1n) is 8.69. The van der Waals surface area contributed by atoms with Gasteiger partial charge in [-0.25, -0.2) is 0 Å². The summed E-state index contributed by atoms with van der Waals surface area (Å²) in [6.45, 7) is 1.19. The van der Waals surface area contributed by atoms with Gasteiger partial charge in [0.25, 0.3) is 5.91 Å². The third-order valence-corrected chi connectivity index (χ3v) is 4.15. The van der Waals surface area contributed by atoms with E-state index in [-0.39, 0.29) is 25.5 Å². The Morgan fingerprint density at radius 3 is 2.32 bits per heavy atom. The maximum absolute atomic E-state index is 11.8. The van der Waals surface area contributed by atoms with E-state index in [2.05, 4.69) is 16.2 Å². The van der Waals surface area contributed by atoms with E-state index in [0.717, 1.165) is 11.1 Å². The summed E-state index contributed by atoms with van der Waals surface area (Å²) >= 11 is 5.99. The summed E-state index contributed by atoms with van der Waals surface area (Å²) < 4.78 is 5.04. The number of aryl methyl sites for hydroxylation is 2. The molecule has 0 fully saturated rings. The zero-order valence-corrected chi connectivity index (χ0v) is 16.2. The van der Waals surface area contributed by atoms with Crippen LogP contribution in [0.25, 0.3) is 0 Å². The van der Waals surface area contributed by atoms with Gasteiger partial charge in [-0.1, -0.05) is 48.0 Å². The summed E-state index contributed by atoms with van der Waals surface area (Å²) in [6.07, 6.45) is 0.814. The molecule has 28 heavy (non-hydrogen) atoms. The molecule has 7 nitrogen and oxygen atoms in total. The lowest BCUT2D eigenvalue weighted by atomic mass is 10.1. The molecule has 0 atom stereocenters. The Balaban J connectivity index is 1.59. The van der Waals surface area contributed by atoms with Crippen molar-refractivity contribution in [3.63, 3.8) is 0 Å². The Labute approximate surface area is 168 Å². The molecule has 0 heterocycles. The van der Waals surface area contributed by atoms with Crippen LogP contribution in [0.2, 0.25) is 5.02 Å². The fraction of sp³-hybridized carbons (Fsp3) is 0.250. The average molecular weight is 404 g/mol. The van der Waals surface area contributed by atoms with Crippen molar-refractivity contribution in [2.24, 2.45) is 0 Å². The first kappa shape index (κ1) is 21.4. The molecule has 0 aliphatic rings. The maximum Gasteiger partial charge on any atom is 0.264 e. The molecule has 0 aliphatic carbocycles. The summed E-state index contributed by atoms with van der Waals surface area (Å²) in [5.41, 5.74) is 7.03. The molecule has 0 saturated heterocycles. The monoisotopic (exact) mass is 403 g/mol. The molecular weight excluding hydrogens is 382 g/mol. The predicted octanol–water partition coefficient (Wildman–Crippen LogP) is 2.38. The van der Waals surface area contributed by atoms with E-state index in [1.165, 1.54) is 0 Å². The molecule has 148 valence electrons. The number of anilines is 1. The molecule has 0 spiro atoms. The van der Waals surface area contributed by atoms with Gasteiger partial charge in [0.05, 0.1) is 0 Å². The van der Waals surface area contributed by atoms with Crippen LogP contribution in [0.1, 0.15) is 17.5 Å². The minimum absolute atomic E-state index is 0.243. The zero-order chi connectivity index (χ0) is 20.4. The van der Waals surface area contributed by atoms with Gasteiger partial charge in [0.15, 0.2) is 0 Å². The van der Waals surface area contributed by atoms with Crippen LogP contribution in [0.5, 0.6) is 0 Å². The Morgan fingerprint density at radius 2 is 1.61 bits per heavy atom. The van der Waals surface area contributed by atoms with Gasteiger partial charge in [-0.15, -0.1) is 0 Å². The van der Waals surface area contributed by atoms with Crippen LogP contribution in [0, 0.1) is 6.92 Å². The third kappa shape index (κ3) is 7.77. The van der Waals surface area contributed by atoms with Gasteiger partial charge in [-0.3, -0.25) is 25.2 Å². The predicted molar refractivity (Wildman–Crippen MR) is 107 cm³/mol. The second kappa shape index (κ2) is 11.1. The van der Waals surface area contributed by atoms with Crippen molar-refractivity contribution in [1.29, 1.82) is 0 Å². The molecule has 0 aliphatic heterocycles. The van der Waals surface area contributed by atoms with Gasteiger partial charge in [0.2, 0.25) is 11.8 Å². The smallest absolute Gasteiger partial charge is 0.264 e. The van der Waals surface area contributed by atoms with Gasteiger partial charge < -0.3 is 10.1 Å². The van der Waals surface area contributed by atoms with E-state index >= 15 is 0 Å². The van der Waals surface area contributed by atoms with Crippen LogP contribution >= 0.6 is 11.6 Å². The number of rotatable bonds is 8. The summed E-state index contributed by atoms with van der Waals surface area (Å²) in [4.78, 5) is 35.2. The molecule has 3 amide bonds. The Bertz CT molecular complexity index is 827. The minimum Gasteiger partial charge on any atom is -0.362 e. The van der Waals surface area contributed by atoms with Crippen LogP contribution in [-0.4, -0.2) is 30.9 Å². The molecule has 3 N–H and O–H groups in total. The third-order valence-electron chi connectivity index (χ3n) is 3.75. The van der Waals surface area contributed by atoms with Crippen molar-refractivity contribution in [2.45, 2.75) is 19.8 Å². The molecule has 0 unspecified atom stereocenters. The number of halogens is 1. The van der Waals surface area contributed by atoms with E-state index in [4.69, 9.17) is 16.3 Å². The van der Waals surface area contributed by atoms with Gasteiger partial charge in [0, 0.05) is 17.1 Å². The SMILES string of the molecule is Cc1ccc(NC(=O)COCC(=O)NNC(=O)CCc2ccccc2)cc1Cl. The largest absolute Gasteiger partial charge is 0.362 e. The lowest BCUT2D eigenvalue weighted by molar-refractivity contribution is -0.133. The highest BCUT2D eigenvalue weighted by Crippen LogP contribution is 2.19. The molecule has 0 aromatic heterocycles. The molecule has 2 aromatic carbocycles. The van der Waals surface area contributed by atoms with Crippen LogP contribution in [0.4, 0.5) is 5.69 Å². The molecule has 0 bridgehead atoms. The summed E-state index contributed by atoms with van der Waals surface area (Å²) in [5, 5.41) is 3.16. The summed E-state index contributed by atoms with van der Waals surface area (Å²) in [6, 6.07) is 14.7. The number of ether oxygens (including phenoxy) is 1. The highest BCUT2D eigenvalue weighted by atomic mass is 35.5. The number of benzene rings is 2. The van der Waals surface area contributed by atoms with Crippen LogP contribution in [0.3, 0.4) is 0 Å². The van der Waals surface area contributed by atoms with Crippen molar-refractivity contribution in [3.05, 3.63) is 64.7 Å². The topological polar surface area (TPSA) is 96.5 Å². The fourth-order valence-corrected chi connectivity index (χ4v) is 2.43. The summed E-state index contributed by atoms with van der Waals surface area (Å²) in [7, 11) is 0. The van der Waals surface area contributed by atoms with Gasteiger partial charge in [-0.2, -0.15) is 0 Å². The number of nitrogens with one attached hydrogen (secondary N) is 3. The van der Waals surface area contributed by atoms with E-state index in [1.807, 2.05) is 37.3 Å². The van der Waals surface area contributed by atoms with Crippen LogP contribution in [-0.2, 0) is 25.5 Å². The van der Waals surface area contributed by atoms with Crippen molar-refractivity contribution < 1.29 is 19.1 Å². The second-order valence-corrected chi connectivity index (χ2v) is 6.49. The van der Waals surface area contributed by atoms with Crippen LogP contribution < -0.4 is 16.2 Å². The minimum atomic E-state index is -0.556. The number of carbonyl (C=O) groups excluding carboxylic acids is 3. The lowest BCUT2D eigenvalue weighted by Gasteiger charge is -2.09. The molecule has 2 aromatic rings. The zero-order valence-electron chi connectivity index (χ0n) is 15.5. The highest BCUT2D eigenvalue weighted by molar-refractivity contribution is 6.31. The Hall–Kier alpha value is -2.90. The number of hydrogen-bond acceptors (Lipinski definition) is 4. The van der Waals surface area contributed by atoms with Crippen molar-refractivity contribution in [2.75, 3.05) is 18.5 Å². The first-order chi connectivity index (χ1) is 13.4. The lowest BCUT2D eigenvalue weighted by Crippen LogP contribution is -2.43. The Morgan fingerprint density at radius 1 is 0.929 bits per heavy atom. The molecular formula is C20H22ClN3O4. The molecule has 2 rings (SSSR count). The normalized spacial score (nSPS) is 10.2. The van der Waals surface area contributed by atoms with E-state index in [0.29, 0.717) is 17.1 Å². The van der Waals surface area contributed by atoms with Gasteiger partial charge in [-0.05, 0) is 36.6 Å². The molecule has 0 saturated carbocycles. The van der Waals surface area contributed by atoms with Crippen molar-refractivity contribution >= 4 is 35.0 Å². The highest BCUT2D eigenvalue weighted by Gasteiger charge is 2.08. The van der Waals surface area contributed by atoms with Gasteiger partial charge >= 0.3 is 0 Å². The quantitative estimate of drug-likeness (QED) is 0.589. The van der Waals surface area contributed by atoms with Crippen molar-refractivity contribution in [3.8, 4) is 0 Å². The number of carbonyl (C=O) groups is 3. The van der Waals surface area contributed by atoms with E-state index in [9.17, 15) is 14.4 Å². The van der Waals surface area contributed by atoms with Crippen LogP contribution in [0.15, 0.2) is 48.5 Å². The molecule has 0 radical (unpaired) electrons. The number of amides is 3. The number of hydrogen-bond donors (Lipinski definition) is 3. The molecule has 8 heteroatoms. The van der Waals surface area contributed by atoms with E-state index in [1.54, 1.807) is 18.2 Å². The second-order valence-electron chi connectivity index (χ2n) is 6.09. The fourth-order valence-electron chi connectivity index (χ4n) is 2.24. The van der Waals surface area contributed by atoms with E-state index < -0.39 is 11.8 Å².